The van der Waals surface area contributed by atoms with Gasteiger partial charge in [-0.25, -0.2) is 0 Å². The van der Waals surface area contributed by atoms with Crippen molar-refractivity contribution in [1.29, 1.82) is 0 Å². The van der Waals surface area contributed by atoms with Gasteiger partial charge < -0.3 is 9.80 Å². The quantitative estimate of drug-likeness (QED) is 0.543. The highest BCUT2D eigenvalue weighted by atomic mass is 32.1. The number of quaternary nitrogens is 2. The molecule has 0 radical (unpaired) electrons. The first-order valence-corrected chi connectivity index (χ1v) is 10.1. The molecule has 4 rings (SSSR count). The molecule has 1 fully saturated rings. The second kappa shape index (κ2) is 8.61. The predicted octanol–water partition coefficient (Wildman–Crippen LogP) is 0.456. The predicted molar refractivity (Wildman–Crippen MR) is 109 cm³/mol. The molecule has 2 heterocycles. The number of piperazine rings is 1. The number of aromatic nitrogens is 3. The van der Waals surface area contributed by atoms with Gasteiger partial charge in [0.1, 0.15) is 38.5 Å². The Labute approximate surface area is 165 Å². The molecule has 0 bridgehead atoms. The van der Waals surface area contributed by atoms with Crippen molar-refractivity contribution in [2.24, 2.45) is 0 Å². The van der Waals surface area contributed by atoms with Crippen LogP contribution >= 0.6 is 12.2 Å². The second-order valence-corrected chi connectivity index (χ2v) is 7.67. The van der Waals surface area contributed by atoms with Crippen LogP contribution in [0.15, 0.2) is 60.7 Å². The molecule has 1 aliphatic heterocycles. The highest BCUT2D eigenvalue weighted by Gasteiger charge is 2.23. The van der Waals surface area contributed by atoms with E-state index in [1.165, 1.54) is 31.7 Å². The van der Waals surface area contributed by atoms with Gasteiger partial charge in [0.05, 0.1) is 13.0 Å². The summed E-state index contributed by atoms with van der Waals surface area (Å²) in [6, 6.07) is 21.1. The standard InChI is InChI=1S/C21H25N5S/c27-21-23-22-20(26(21)19-9-5-2-6-10-19)11-12-24-13-15-25(16-14-24)17-18-7-3-1-4-8-18/h1-10H,11-17H2,(H,23,27)/p+2. The van der Waals surface area contributed by atoms with Crippen LogP contribution < -0.4 is 9.80 Å². The number of hydrogen-bond acceptors (Lipinski definition) is 2. The van der Waals surface area contributed by atoms with Gasteiger partial charge in [0.25, 0.3) is 0 Å². The third-order valence-corrected chi connectivity index (χ3v) is 5.69. The molecule has 6 heteroatoms. The maximum absolute atomic E-state index is 5.44. The first-order valence-electron chi connectivity index (χ1n) is 9.72. The van der Waals surface area contributed by atoms with Gasteiger partial charge >= 0.3 is 0 Å². The van der Waals surface area contributed by atoms with Gasteiger partial charge in [-0.1, -0.05) is 48.5 Å². The minimum Gasteiger partial charge on any atom is -0.325 e. The van der Waals surface area contributed by atoms with E-state index in [1.807, 2.05) is 18.2 Å². The lowest BCUT2D eigenvalue weighted by atomic mass is 10.2. The van der Waals surface area contributed by atoms with Crippen LogP contribution in [0.4, 0.5) is 0 Å². The van der Waals surface area contributed by atoms with Crippen molar-refractivity contribution >= 4 is 12.2 Å². The summed E-state index contributed by atoms with van der Waals surface area (Å²) in [5.74, 6) is 1.03. The summed E-state index contributed by atoms with van der Waals surface area (Å²) in [6.07, 6.45) is 0.936. The van der Waals surface area contributed by atoms with Crippen LogP contribution in [0.2, 0.25) is 0 Å². The van der Waals surface area contributed by atoms with Gasteiger partial charge in [0.2, 0.25) is 0 Å². The molecule has 5 nitrogen and oxygen atoms in total. The number of benzene rings is 2. The van der Waals surface area contributed by atoms with E-state index in [-0.39, 0.29) is 0 Å². The van der Waals surface area contributed by atoms with Gasteiger partial charge in [0, 0.05) is 11.3 Å². The molecular weight excluding hydrogens is 354 g/mol. The Morgan fingerprint density at radius 1 is 0.889 bits per heavy atom. The zero-order chi connectivity index (χ0) is 18.5. The summed E-state index contributed by atoms with van der Waals surface area (Å²) in [4.78, 5) is 3.36. The van der Waals surface area contributed by atoms with Crippen molar-refractivity contribution in [3.8, 4) is 5.69 Å². The zero-order valence-electron chi connectivity index (χ0n) is 15.5. The van der Waals surface area contributed by atoms with E-state index >= 15 is 0 Å². The fourth-order valence-electron chi connectivity index (χ4n) is 3.90. The van der Waals surface area contributed by atoms with Crippen LogP contribution in [0.1, 0.15) is 11.4 Å². The van der Waals surface area contributed by atoms with Crippen molar-refractivity contribution in [2.75, 3.05) is 32.7 Å². The Bertz CT molecular complexity index is 895. The molecule has 1 saturated heterocycles. The lowest BCUT2D eigenvalue weighted by molar-refractivity contribution is -1.02. The Morgan fingerprint density at radius 3 is 2.22 bits per heavy atom. The molecule has 1 aromatic heterocycles. The van der Waals surface area contributed by atoms with E-state index in [0.717, 1.165) is 31.0 Å². The SMILES string of the molecule is S=c1[nH]nc(CC[NH+]2CC[NH+](Cc3ccccc3)CC2)n1-c1ccccc1. The molecular formula is C21H27N5S+2. The molecule has 140 valence electrons. The first-order chi connectivity index (χ1) is 13.3. The zero-order valence-corrected chi connectivity index (χ0v) is 16.3. The molecule has 3 aromatic rings. The molecule has 0 aliphatic carbocycles. The van der Waals surface area contributed by atoms with Crippen molar-refractivity contribution in [2.45, 2.75) is 13.0 Å². The van der Waals surface area contributed by atoms with E-state index in [9.17, 15) is 0 Å². The molecule has 0 atom stereocenters. The van der Waals surface area contributed by atoms with Gasteiger partial charge in [-0.2, -0.15) is 5.10 Å². The van der Waals surface area contributed by atoms with Crippen molar-refractivity contribution in [3.05, 3.63) is 76.8 Å². The summed E-state index contributed by atoms with van der Waals surface area (Å²) >= 11 is 5.44. The lowest BCUT2D eigenvalue weighted by Crippen LogP contribution is -3.27. The molecule has 0 saturated carbocycles. The molecule has 2 aromatic carbocycles. The molecule has 0 spiro atoms. The number of H-pyrrole nitrogens is 1. The van der Waals surface area contributed by atoms with Crippen LogP contribution in [0.5, 0.6) is 0 Å². The summed E-state index contributed by atoms with van der Waals surface area (Å²) < 4.78 is 2.73. The van der Waals surface area contributed by atoms with E-state index in [1.54, 1.807) is 9.80 Å². The monoisotopic (exact) mass is 381 g/mol. The lowest BCUT2D eigenvalue weighted by Gasteiger charge is -2.29. The Morgan fingerprint density at radius 2 is 1.52 bits per heavy atom. The number of hydrogen-bond donors (Lipinski definition) is 3. The average Bonchev–Trinajstić information content (AvgIpc) is 3.09. The van der Waals surface area contributed by atoms with Crippen LogP contribution in [0.25, 0.3) is 5.69 Å². The van der Waals surface area contributed by atoms with Crippen LogP contribution in [0, 0.1) is 4.77 Å². The fourth-order valence-corrected chi connectivity index (χ4v) is 4.15. The summed E-state index contributed by atoms with van der Waals surface area (Å²) in [7, 11) is 0. The maximum atomic E-state index is 5.44. The molecule has 3 N–H and O–H groups in total. The van der Waals surface area contributed by atoms with E-state index < -0.39 is 0 Å². The molecule has 1 aliphatic rings. The highest BCUT2D eigenvalue weighted by molar-refractivity contribution is 7.71. The molecule has 0 amide bonds. The normalized spacial score (nSPS) is 19.9. The van der Waals surface area contributed by atoms with Gasteiger partial charge in [-0.05, 0) is 24.4 Å². The fraction of sp³-hybridized carbons (Fsp3) is 0.333. The number of nitrogens with one attached hydrogen (secondary N) is 3. The number of para-hydroxylation sites is 1. The van der Waals surface area contributed by atoms with Gasteiger partial charge in [-0.15, -0.1) is 0 Å². The van der Waals surface area contributed by atoms with E-state index in [4.69, 9.17) is 12.2 Å². The van der Waals surface area contributed by atoms with Gasteiger partial charge in [0.15, 0.2) is 4.77 Å². The highest BCUT2D eigenvalue weighted by Crippen LogP contribution is 2.10. The number of nitrogens with zero attached hydrogens (tertiary/aromatic N) is 2. The second-order valence-electron chi connectivity index (χ2n) is 7.28. The van der Waals surface area contributed by atoms with Crippen molar-refractivity contribution in [1.82, 2.24) is 14.8 Å². The Balaban J connectivity index is 1.32. The third kappa shape index (κ3) is 4.53. The summed E-state index contributed by atoms with van der Waals surface area (Å²) in [5.41, 5.74) is 2.52. The van der Waals surface area contributed by atoms with Crippen molar-refractivity contribution in [3.63, 3.8) is 0 Å². The molecule has 0 unspecified atom stereocenters. The van der Waals surface area contributed by atoms with Crippen LogP contribution in [0.3, 0.4) is 0 Å². The number of rotatable bonds is 6. The largest absolute Gasteiger partial charge is 0.325 e. The Kier molecular flexibility index (Phi) is 5.77. The minimum absolute atomic E-state index is 0.670. The summed E-state index contributed by atoms with van der Waals surface area (Å²) in [6.45, 7) is 7.15. The third-order valence-electron chi connectivity index (χ3n) is 5.42. The van der Waals surface area contributed by atoms with Crippen molar-refractivity contribution < 1.29 is 9.80 Å². The average molecular weight is 382 g/mol. The smallest absolute Gasteiger partial charge is 0.199 e. The number of aromatic amines is 1. The van der Waals surface area contributed by atoms with Crippen LogP contribution in [-0.4, -0.2) is 47.5 Å². The van der Waals surface area contributed by atoms with E-state index in [0.29, 0.717) is 4.77 Å². The first kappa shape index (κ1) is 18.1. The van der Waals surface area contributed by atoms with Gasteiger partial charge in [-0.3, -0.25) is 9.67 Å². The van der Waals surface area contributed by atoms with Crippen LogP contribution in [-0.2, 0) is 13.0 Å². The van der Waals surface area contributed by atoms with E-state index in [2.05, 4.69) is 57.2 Å². The Hall–Kier alpha value is -2.28. The maximum Gasteiger partial charge on any atom is 0.199 e. The minimum atomic E-state index is 0.670. The summed E-state index contributed by atoms with van der Waals surface area (Å²) in [5, 5.41) is 7.43. The topological polar surface area (TPSA) is 42.5 Å². The molecule has 27 heavy (non-hydrogen) atoms.